The number of hydrogen-bond donors (Lipinski definition) is 3. The van der Waals surface area contributed by atoms with Crippen molar-refractivity contribution in [3.63, 3.8) is 0 Å². The van der Waals surface area contributed by atoms with Crippen LogP contribution in [0.15, 0.2) is 24.3 Å². The first-order valence-electron chi connectivity index (χ1n) is 8.25. The number of piperazine rings is 1. The lowest BCUT2D eigenvalue weighted by molar-refractivity contribution is -0.140. The van der Waals surface area contributed by atoms with Gasteiger partial charge in [0.05, 0.1) is 4.70 Å². The van der Waals surface area contributed by atoms with E-state index in [1.807, 2.05) is 6.07 Å². The number of rotatable bonds is 4. The lowest BCUT2D eigenvalue weighted by Gasteiger charge is -2.36. The maximum absolute atomic E-state index is 11.2. The lowest BCUT2D eigenvalue weighted by atomic mass is 10.0. The van der Waals surface area contributed by atoms with E-state index in [2.05, 4.69) is 43.2 Å². The third-order valence-corrected chi connectivity index (χ3v) is 5.70. The van der Waals surface area contributed by atoms with Crippen LogP contribution >= 0.6 is 11.5 Å². The Hall–Kier alpha value is -1.74. The second-order valence-corrected chi connectivity index (χ2v) is 7.20. The van der Waals surface area contributed by atoms with E-state index in [4.69, 9.17) is 0 Å². The molecule has 128 valence electrons. The van der Waals surface area contributed by atoms with E-state index in [1.165, 1.54) is 10.1 Å². The Morgan fingerprint density at radius 2 is 2.08 bits per heavy atom. The van der Waals surface area contributed by atoms with Crippen molar-refractivity contribution in [2.45, 2.75) is 6.04 Å². The zero-order valence-electron chi connectivity index (χ0n) is 13.3. The maximum Gasteiger partial charge on any atom is 0.322 e. The molecule has 3 heterocycles. The summed E-state index contributed by atoms with van der Waals surface area (Å²) in [6, 6.07) is 7.85. The van der Waals surface area contributed by atoms with E-state index >= 15 is 0 Å². The first kappa shape index (κ1) is 15.8. The van der Waals surface area contributed by atoms with Crippen LogP contribution in [-0.2, 0) is 4.79 Å². The van der Waals surface area contributed by atoms with Gasteiger partial charge < -0.3 is 10.0 Å². The normalized spacial score (nSPS) is 25.4. The minimum atomic E-state index is -0.780. The summed E-state index contributed by atoms with van der Waals surface area (Å²) in [4.78, 5) is 16.0. The molecule has 2 fully saturated rings. The molecule has 0 spiro atoms. The van der Waals surface area contributed by atoms with Gasteiger partial charge in [0.2, 0.25) is 0 Å². The largest absolute Gasteiger partial charge is 0.480 e. The first-order chi connectivity index (χ1) is 11.7. The average molecular weight is 347 g/mol. The zero-order chi connectivity index (χ0) is 16.5. The molecule has 0 bridgehead atoms. The average Bonchev–Trinajstić information content (AvgIpc) is 3.22. The van der Waals surface area contributed by atoms with E-state index < -0.39 is 12.0 Å². The van der Waals surface area contributed by atoms with Gasteiger partial charge in [-0.3, -0.25) is 15.1 Å². The summed E-state index contributed by atoms with van der Waals surface area (Å²) in [6.07, 6.45) is 0. The molecular weight excluding hydrogens is 326 g/mol. The maximum atomic E-state index is 11.2. The Bertz CT molecular complexity index is 728. The number of carbonyl (C=O) groups is 1. The highest BCUT2D eigenvalue weighted by Gasteiger charge is 2.34. The predicted octanol–water partition coefficient (Wildman–Crippen LogP) is 0.596. The number of anilines is 1. The summed E-state index contributed by atoms with van der Waals surface area (Å²) < 4.78 is 5.86. The lowest BCUT2D eigenvalue weighted by Crippen LogP contribution is -2.50. The molecular formula is C16H21N5O2S. The second kappa shape index (κ2) is 6.64. The van der Waals surface area contributed by atoms with Crippen molar-refractivity contribution < 1.29 is 9.90 Å². The van der Waals surface area contributed by atoms with E-state index in [1.54, 1.807) is 11.5 Å². The Balaban J connectivity index is 1.38. The van der Waals surface area contributed by atoms with Crippen molar-refractivity contribution in [2.75, 3.05) is 44.2 Å². The number of carboxylic acids is 1. The summed E-state index contributed by atoms with van der Waals surface area (Å²) >= 11 is 1.55. The van der Waals surface area contributed by atoms with Crippen LogP contribution in [0.4, 0.5) is 5.82 Å². The fourth-order valence-corrected chi connectivity index (χ4v) is 4.34. The molecule has 7 nitrogen and oxygen atoms in total. The molecule has 3 N–H and O–H groups in total. The van der Waals surface area contributed by atoms with Gasteiger partial charge in [-0.1, -0.05) is 12.1 Å². The van der Waals surface area contributed by atoms with Crippen LogP contribution in [0.3, 0.4) is 0 Å². The van der Waals surface area contributed by atoms with Crippen molar-refractivity contribution in [1.82, 2.24) is 20.1 Å². The molecule has 1 aromatic heterocycles. The van der Waals surface area contributed by atoms with Crippen molar-refractivity contribution >= 4 is 33.4 Å². The van der Waals surface area contributed by atoms with Gasteiger partial charge in [0.1, 0.15) is 11.9 Å². The van der Waals surface area contributed by atoms with Crippen molar-refractivity contribution in [3.05, 3.63) is 24.3 Å². The summed E-state index contributed by atoms with van der Waals surface area (Å²) in [6.45, 7) is 5.25. The van der Waals surface area contributed by atoms with Gasteiger partial charge in [0.15, 0.2) is 0 Å². The van der Waals surface area contributed by atoms with E-state index in [0.717, 1.165) is 38.5 Å². The number of carboxylic acid groups (broad SMARTS) is 1. The minimum Gasteiger partial charge on any atom is -0.480 e. The van der Waals surface area contributed by atoms with Crippen LogP contribution in [0.25, 0.3) is 10.1 Å². The number of aromatic nitrogens is 1. The highest BCUT2D eigenvalue weighted by atomic mass is 32.1. The van der Waals surface area contributed by atoms with Gasteiger partial charge in [0.25, 0.3) is 0 Å². The Labute approximate surface area is 144 Å². The van der Waals surface area contributed by atoms with Crippen LogP contribution in [-0.4, -0.2) is 65.7 Å². The van der Waals surface area contributed by atoms with Crippen LogP contribution in [0.5, 0.6) is 0 Å². The molecule has 2 saturated heterocycles. The molecule has 0 aliphatic carbocycles. The molecule has 2 aliphatic heterocycles. The van der Waals surface area contributed by atoms with E-state index in [0.29, 0.717) is 6.54 Å². The summed E-state index contributed by atoms with van der Waals surface area (Å²) in [7, 11) is 0. The summed E-state index contributed by atoms with van der Waals surface area (Å²) in [5.74, 6) is 0.412. The fourth-order valence-electron chi connectivity index (χ4n) is 3.54. The third-order valence-electron chi connectivity index (χ3n) is 4.88. The molecule has 0 radical (unpaired) electrons. The number of hydrogen-bond acceptors (Lipinski definition) is 7. The summed E-state index contributed by atoms with van der Waals surface area (Å²) in [5.41, 5.74) is 5.82. The first-order valence-corrected chi connectivity index (χ1v) is 9.02. The van der Waals surface area contributed by atoms with Crippen molar-refractivity contribution in [2.24, 2.45) is 5.92 Å². The minimum absolute atomic E-state index is 0.106. The molecule has 2 aromatic rings. The van der Waals surface area contributed by atoms with Gasteiger partial charge in [-0.2, -0.15) is 4.37 Å². The standard InChI is InChI=1S/C16H21N5O2S/c22-16(23)14-11(9-17-18-14)10-20-5-7-21(8-6-20)15-12-3-1-2-4-13(12)24-19-15/h1-4,11,14,17-18H,5-10H2,(H,22,23). The Morgan fingerprint density at radius 3 is 2.88 bits per heavy atom. The third kappa shape index (κ3) is 2.98. The Morgan fingerprint density at radius 1 is 1.29 bits per heavy atom. The topological polar surface area (TPSA) is 80.7 Å². The SMILES string of the molecule is O=C(O)C1NNCC1CN1CCN(c2nsc3ccccc23)CC1. The molecule has 8 heteroatoms. The number of fused-ring (bicyclic) bond motifs is 1. The van der Waals surface area contributed by atoms with Gasteiger partial charge in [0, 0.05) is 50.6 Å². The monoisotopic (exact) mass is 347 g/mol. The number of nitrogens with zero attached hydrogens (tertiary/aromatic N) is 3. The van der Waals surface area contributed by atoms with E-state index in [9.17, 15) is 9.90 Å². The van der Waals surface area contributed by atoms with Gasteiger partial charge >= 0.3 is 5.97 Å². The smallest absolute Gasteiger partial charge is 0.322 e. The second-order valence-electron chi connectivity index (χ2n) is 6.39. The number of nitrogens with one attached hydrogen (secondary N) is 2. The van der Waals surface area contributed by atoms with Gasteiger partial charge in [-0.25, -0.2) is 5.43 Å². The molecule has 0 amide bonds. The van der Waals surface area contributed by atoms with Crippen LogP contribution < -0.4 is 15.8 Å². The van der Waals surface area contributed by atoms with Crippen LogP contribution in [0.1, 0.15) is 0 Å². The molecule has 4 rings (SSSR count). The van der Waals surface area contributed by atoms with Crippen molar-refractivity contribution in [3.8, 4) is 0 Å². The highest BCUT2D eigenvalue weighted by Crippen LogP contribution is 2.29. The molecule has 24 heavy (non-hydrogen) atoms. The number of hydrazine groups is 1. The van der Waals surface area contributed by atoms with Gasteiger partial charge in [-0.15, -0.1) is 0 Å². The molecule has 2 aliphatic rings. The van der Waals surface area contributed by atoms with E-state index in [-0.39, 0.29) is 5.92 Å². The van der Waals surface area contributed by atoms with Gasteiger partial charge in [-0.05, 0) is 23.7 Å². The predicted molar refractivity (Wildman–Crippen MR) is 94.3 cm³/mol. The molecule has 1 aromatic carbocycles. The van der Waals surface area contributed by atoms with Crippen LogP contribution in [0.2, 0.25) is 0 Å². The van der Waals surface area contributed by atoms with Crippen molar-refractivity contribution in [1.29, 1.82) is 0 Å². The molecule has 0 saturated carbocycles. The zero-order valence-corrected chi connectivity index (χ0v) is 14.1. The fraction of sp³-hybridized carbons (Fsp3) is 0.500. The quantitative estimate of drug-likeness (QED) is 0.747. The summed E-state index contributed by atoms with van der Waals surface area (Å²) in [5, 5.41) is 10.5. The molecule has 2 atom stereocenters. The Kier molecular flexibility index (Phi) is 4.36. The molecule has 2 unspecified atom stereocenters. The van der Waals surface area contributed by atoms with Crippen LogP contribution in [0, 0.1) is 5.92 Å². The highest BCUT2D eigenvalue weighted by molar-refractivity contribution is 7.13. The number of aliphatic carboxylic acids is 1. The number of benzene rings is 1.